The molecule has 8 heteroatoms. The molecule has 0 fully saturated rings. The molecular formula is C25H23F3N4O. The predicted molar refractivity (Wildman–Crippen MR) is 121 cm³/mol. The Morgan fingerprint density at radius 2 is 1.48 bits per heavy atom. The third-order valence-corrected chi connectivity index (χ3v) is 5.54. The Kier molecular flexibility index (Phi) is 5.47. The number of benzene rings is 2. The third-order valence-electron chi connectivity index (χ3n) is 5.54. The Morgan fingerprint density at radius 1 is 0.879 bits per heavy atom. The number of rotatable bonds is 3. The number of halogens is 3. The number of amides is 1. The van der Waals surface area contributed by atoms with Gasteiger partial charge in [-0.2, -0.15) is 13.2 Å². The minimum absolute atomic E-state index is 0.0177. The number of imidazole rings is 1. The van der Waals surface area contributed by atoms with Gasteiger partial charge in [-0.1, -0.05) is 45.0 Å². The lowest BCUT2D eigenvalue weighted by molar-refractivity contribution is -0.137. The molecule has 2 aromatic heterocycles. The standard InChI is InChI=1S/C25H23F3N4O/c1-24(2,3)18-9-7-17(8-10-18)23(33)31(4)22-15-32-20(13-29-21(32)14-30-22)16-5-11-19(12-6-16)25(26,27)28/h5-15H,1-4H3. The van der Waals surface area contributed by atoms with Gasteiger partial charge in [-0.05, 0) is 35.2 Å². The van der Waals surface area contributed by atoms with Gasteiger partial charge in [-0.3, -0.25) is 14.1 Å². The van der Waals surface area contributed by atoms with Crippen LogP contribution in [0.5, 0.6) is 0 Å². The van der Waals surface area contributed by atoms with Crippen LogP contribution in [0, 0.1) is 0 Å². The first kappa shape index (κ1) is 22.5. The van der Waals surface area contributed by atoms with E-state index in [0.29, 0.717) is 28.3 Å². The molecule has 2 aromatic carbocycles. The van der Waals surface area contributed by atoms with E-state index in [4.69, 9.17) is 0 Å². The summed E-state index contributed by atoms with van der Waals surface area (Å²) >= 11 is 0. The molecule has 0 N–H and O–H groups in total. The van der Waals surface area contributed by atoms with Crippen LogP contribution >= 0.6 is 0 Å². The van der Waals surface area contributed by atoms with Crippen molar-refractivity contribution in [1.82, 2.24) is 14.4 Å². The Labute approximate surface area is 189 Å². The van der Waals surface area contributed by atoms with Crippen LogP contribution in [0.3, 0.4) is 0 Å². The summed E-state index contributed by atoms with van der Waals surface area (Å²) in [5.74, 6) is 0.164. The molecule has 170 valence electrons. The van der Waals surface area contributed by atoms with E-state index in [1.165, 1.54) is 23.2 Å². The number of carbonyl (C=O) groups excluding carboxylic acids is 1. The minimum Gasteiger partial charge on any atom is -0.295 e. The molecule has 0 aliphatic heterocycles. The molecule has 0 unspecified atom stereocenters. The van der Waals surface area contributed by atoms with Crippen LogP contribution in [0.2, 0.25) is 0 Å². The summed E-state index contributed by atoms with van der Waals surface area (Å²) < 4.78 is 40.4. The average molecular weight is 452 g/mol. The molecule has 4 rings (SSSR count). The first-order valence-corrected chi connectivity index (χ1v) is 10.3. The second-order valence-electron chi connectivity index (χ2n) is 8.88. The van der Waals surface area contributed by atoms with Gasteiger partial charge in [0.25, 0.3) is 5.91 Å². The van der Waals surface area contributed by atoms with E-state index in [0.717, 1.165) is 17.7 Å². The van der Waals surface area contributed by atoms with E-state index in [1.807, 2.05) is 12.1 Å². The number of fused-ring (bicyclic) bond motifs is 1. The molecule has 0 bridgehead atoms. The number of carbonyl (C=O) groups is 1. The molecule has 0 saturated carbocycles. The van der Waals surface area contributed by atoms with E-state index < -0.39 is 11.7 Å². The summed E-state index contributed by atoms with van der Waals surface area (Å²) in [7, 11) is 1.63. The number of anilines is 1. The first-order valence-electron chi connectivity index (χ1n) is 10.3. The van der Waals surface area contributed by atoms with Crippen molar-refractivity contribution in [3.63, 3.8) is 0 Å². The summed E-state index contributed by atoms with van der Waals surface area (Å²) in [4.78, 5) is 23.1. The van der Waals surface area contributed by atoms with E-state index >= 15 is 0 Å². The lowest BCUT2D eigenvalue weighted by Crippen LogP contribution is -2.27. The highest BCUT2D eigenvalue weighted by molar-refractivity contribution is 6.05. The maximum Gasteiger partial charge on any atom is 0.416 e. The van der Waals surface area contributed by atoms with Gasteiger partial charge < -0.3 is 0 Å². The van der Waals surface area contributed by atoms with E-state index in [9.17, 15) is 18.0 Å². The maximum atomic E-state index is 13.0. The van der Waals surface area contributed by atoms with Crippen molar-refractivity contribution < 1.29 is 18.0 Å². The topological polar surface area (TPSA) is 50.5 Å². The molecule has 5 nitrogen and oxygen atoms in total. The summed E-state index contributed by atoms with van der Waals surface area (Å²) in [5.41, 5.74) is 2.60. The zero-order chi connectivity index (χ0) is 24.0. The Hall–Kier alpha value is -3.68. The second kappa shape index (κ2) is 8.03. The fourth-order valence-electron chi connectivity index (χ4n) is 3.51. The highest BCUT2D eigenvalue weighted by atomic mass is 19.4. The van der Waals surface area contributed by atoms with Crippen molar-refractivity contribution in [3.8, 4) is 11.3 Å². The largest absolute Gasteiger partial charge is 0.416 e. The van der Waals surface area contributed by atoms with Gasteiger partial charge in [0.2, 0.25) is 0 Å². The predicted octanol–water partition coefficient (Wildman–Crippen LogP) is 5.99. The van der Waals surface area contributed by atoms with Crippen molar-refractivity contribution in [1.29, 1.82) is 0 Å². The zero-order valence-electron chi connectivity index (χ0n) is 18.7. The van der Waals surface area contributed by atoms with Crippen LogP contribution in [0.25, 0.3) is 16.9 Å². The van der Waals surface area contributed by atoms with Crippen LogP contribution in [-0.2, 0) is 11.6 Å². The molecule has 0 aliphatic carbocycles. The maximum absolute atomic E-state index is 13.0. The highest BCUT2D eigenvalue weighted by Crippen LogP contribution is 2.31. The second-order valence-corrected chi connectivity index (χ2v) is 8.88. The van der Waals surface area contributed by atoms with Gasteiger partial charge in [0.1, 0.15) is 0 Å². The molecule has 2 heterocycles. The van der Waals surface area contributed by atoms with Crippen molar-refractivity contribution in [2.45, 2.75) is 32.4 Å². The van der Waals surface area contributed by atoms with Gasteiger partial charge in [0.05, 0.1) is 29.8 Å². The molecule has 1 amide bonds. The van der Waals surface area contributed by atoms with Gasteiger partial charge in [0, 0.05) is 18.2 Å². The summed E-state index contributed by atoms with van der Waals surface area (Å²) in [5, 5.41) is 0. The molecular weight excluding hydrogens is 429 g/mol. The third kappa shape index (κ3) is 4.46. The molecule has 0 spiro atoms. The summed E-state index contributed by atoms with van der Waals surface area (Å²) in [6, 6.07) is 12.3. The van der Waals surface area contributed by atoms with Crippen LogP contribution in [0.4, 0.5) is 19.0 Å². The highest BCUT2D eigenvalue weighted by Gasteiger charge is 2.30. The number of hydrogen-bond acceptors (Lipinski definition) is 3. The Balaban J connectivity index is 1.64. The molecule has 4 aromatic rings. The lowest BCUT2D eigenvalue weighted by atomic mass is 9.86. The smallest absolute Gasteiger partial charge is 0.295 e. The Bertz CT molecular complexity index is 1300. The number of hydrogen-bond donors (Lipinski definition) is 0. The van der Waals surface area contributed by atoms with E-state index in [2.05, 4.69) is 30.7 Å². The summed E-state index contributed by atoms with van der Waals surface area (Å²) in [6.07, 6.45) is 0.339. The van der Waals surface area contributed by atoms with E-state index in [-0.39, 0.29) is 11.3 Å². The number of alkyl halides is 3. The number of aromatic nitrogens is 3. The van der Waals surface area contributed by atoms with Gasteiger partial charge in [-0.15, -0.1) is 0 Å². The zero-order valence-corrected chi connectivity index (χ0v) is 18.7. The van der Waals surface area contributed by atoms with Gasteiger partial charge in [0.15, 0.2) is 11.5 Å². The average Bonchev–Trinajstić information content (AvgIpc) is 3.20. The molecule has 0 saturated heterocycles. The number of nitrogens with zero attached hydrogens (tertiary/aromatic N) is 4. The van der Waals surface area contributed by atoms with Crippen molar-refractivity contribution >= 4 is 17.4 Å². The SMILES string of the molecule is CN(C(=O)c1ccc(C(C)(C)C)cc1)c1cn2c(-c3ccc(C(F)(F)F)cc3)cnc2cn1. The minimum atomic E-state index is -4.40. The normalized spacial score (nSPS) is 12.2. The van der Waals surface area contributed by atoms with Crippen LogP contribution in [0.15, 0.2) is 67.1 Å². The monoisotopic (exact) mass is 452 g/mol. The first-order chi connectivity index (χ1) is 15.4. The van der Waals surface area contributed by atoms with E-state index in [1.54, 1.807) is 36.0 Å². The van der Waals surface area contributed by atoms with Crippen molar-refractivity contribution in [2.75, 3.05) is 11.9 Å². The molecule has 0 radical (unpaired) electrons. The quantitative estimate of drug-likeness (QED) is 0.384. The van der Waals surface area contributed by atoms with Crippen LogP contribution in [-0.4, -0.2) is 27.3 Å². The summed E-state index contributed by atoms with van der Waals surface area (Å²) in [6.45, 7) is 6.32. The van der Waals surface area contributed by atoms with Gasteiger partial charge in [-0.25, -0.2) is 9.97 Å². The van der Waals surface area contributed by atoms with Crippen LogP contribution in [0.1, 0.15) is 42.3 Å². The van der Waals surface area contributed by atoms with Crippen molar-refractivity contribution in [2.24, 2.45) is 0 Å². The molecule has 33 heavy (non-hydrogen) atoms. The fraction of sp³-hybridized carbons (Fsp3) is 0.240. The van der Waals surface area contributed by atoms with Crippen molar-refractivity contribution in [3.05, 3.63) is 83.8 Å². The molecule has 0 aliphatic rings. The van der Waals surface area contributed by atoms with Gasteiger partial charge >= 0.3 is 6.18 Å². The lowest BCUT2D eigenvalue weighted by Gasteiger charge is -2.20. The van der Waals surface area contributed by atoms with Crippen LogP contribution < -0.4 is 4.90 Å². The Morgan fingerprint density at radius 3 is 2.06 bits per heavy atom. The molecule has 0 atom stereocenters. The fourth-order valence-corrected chi connectivity index (χ4v) is 3.51.